The van der Waals surface area contributed by atoms with Crippen molar-refractivity contribution in [1.29, 1.82) is 0 Å². The van der Waals surface area contributed by atoms with E-state index in [1.54, 1.807) is 39.8 Å². The van der Waals surface area contributed by atoms with Crippen LogP contribution in [-0.4, -0.2) is 68.7 Å². The van der Waals surface area contributed by atoms with Crippen LogP contribution in [-0.2, 0) is 62.2 Å². The van der Waals surface area contributed by atoms with Gasteiger partial charge in [0.15, 0.2) is 5.60 Å². The van der Waals surface area contributed by atoms with E-state index in [1.165, 1.54) is 0 Å². The van der Waals surface area contributed by atoms with Crippen molar-refractivity contribution in [3.05, 3.63) is 69.3 Å². The second-order valence-corrected chi connectivity index (χ2v) is 14.3. The molecule has 1 fully saturated rings. The SMILES string of the molecule is CCOC(=O)CCC1=C(C)c2cc3[nH]c(cc4nc(cc5[nH]c(cc1n2)c(CCC(=O)OCC)c5C)C1(CCC(=O)O1)C4(C)O)c(CCC(=O)OCC)c3C. The van der Waals surface area contributed by atoms with Gasteiger partial charge in [-0.1, -0.05) is 0 Å². The van der Waals surface area contributed by atoms with Crippen LogP contribution >= 0.6 is 0 Å². The highest BCUT2D eigenvalue weighted by molar-refractivity contribution is 5.94. The smallest absolute Gasteiger partial charge is 0.307 e. The van der Waals surface area contributed by atoms with E-state index in [9.17, 15) is 24.3 Å². The number of hydrogen-bond acceptors (Lipinski definition) is 11. The molecule has 3 aromatic rings. The van der Waals surface area contributed by atoms with Crippen LogP contribution < -0.4 is 0 Å². The van der Waals surface area contributed by atoms with Crippen LogP contribution in [0.3, 0.4) is 0 Å². The zero-order valence-electron chi connectivity index (χ0n) is 32.7. The van der Waals surface area contributed by atoms with Crippen molar-refractivity contribution in [2.75, 3.05) is 19.8 Å². The number of nitrogens with one attached hydrogen (secondary N) is 2. The zero-order chi connectivity index (χ0) is 39.7. The highest BCUT2D eigenvalue weighted by Crippen LogP contribution is 2.52. The van der Waals surface area contributed by atoms with Crippen LogP contribution in [0.5, 0.6) is 0 Å². The Hall–Kier alpha value is -5.30. The van der Waals surface area contributed by atoms with Crippen molar-refractivity contribution >= 4 is 57.1 Å². The van der Waals surface area contributed by atoms with E-state index in [1.807, 2.05) is 32.9 Å². The van der Waals surface area contributed by atoms with E-state index >= 15 is 0 Å². The quantitative estimate of drug-likeness (QED) is 0.133. The number of H-pyrrole nitrogens is 2. The molecule has 13 nitrogen and oxygen atoms in total. The molecule has 3 aliphatic rings. The summed E-state index contributed by atoms with van der Waals surface area (Å²) in [7, 11) is 0. The molecule has 6 rings (SSSR count). The Labute approximate surface area is 319 Å². The van der Waals surface area contributed by atoms with E-state index < -0.39 is 17.2 Å². The predicted molar refractivity (Wildman–Crippen MR) is 205 cm³/mol. The van der Waals surface area contributed by atoms with Crippen LogP contribution in [0.1, 0.15) is 118 Å². The van der Waals surface area contributed by atoms with Gasteiger partial charge in [0.1, 0.15) is 5.60 Å². The lowest BCUT2D eigenvalue weighted by atomic mass is 9.80. The lowest BCUT2D eigenvalue weighted by Gasteiger charge is -2.34. The summed E-state index contributed by atoms with van der Waals surface area (Å²) >= 11 is 0. The van der Waals surface area contributed by atoms with E-state index in [2.05, 4.69) is 9.97 Å². The summed E-state index contributed by atoms with van der Waals surface area (Å²) in [5.41, 5.74) is 6.76. The molecule has 55 heavy (non-hydrogen) atoms. The summed E-state index contributed by atoms with van der Waals surface area (Å²) in [5.74, 6) is -1.39. The van der Waals surface area contributed by atoms with Gasteiger partial charge in [-0.3, -0.25) is 24.2 Å². The standard InChI is InChI=1S/C42H50N4O9/c1-8-52-37(47)14-11-26-23(4)29-19-30-24(5)28(13-16-39(49)54-10-3)34(44-30)22-35-41(7,51)42(18-17-40(50)55-42)36(46-35)21-31-25(6)27(12-15-38(48)53-9-2)33(45-31)20-32(26)43-29/h19-22,44-45,51H,8-18H2,1-7H3. The minimum absolute atomic E-state index is 0.105. The van der Waals surface area contributed by atoms with Crippen molar-refractivity contribution in [2.24, 2.45) is 0 Å². The second kappa shape index (κ2) is 15.8. The van der Waals surface area contributed by atoms with E-state index in [-0.39, 0.29) is 75.5 Å². The molecule has 0 saturated carbocycles. The van der Waals surface area contributed by atoms with Gasteiger partial charge in [-0.2, -0.15) is 0 Å². The number of rotatable bonds is 12. The maximum Gasteiger partial charge on any atom is 0.307 e. The number of aromatic amines is 2. The summed E-state index contributed by atoms with van der Waals surface area (Å²) in [4.78, 5) is 67.6. The predicted octanol–water partition coefficient (Wildman–Crippen LogP) is 6.64. The molecule has 8 bridgehead atoms. The molecule has 0 radical (unpaired) electrons. The number of aliphatic hydroxyl groups is 1. The molecule has 13 heteroatoms. The Kier molecular flexibility index (Phi) is 11.3. The number of ether oxygens (including phenoxy) is 4. The maximum atomic E-state index is 12.8. The average molecular weight is 755 g/mol. The van der Waals surface area contributed by atoms with Crippen molar-refractivity contribution in [1.82, 2.24) is 19.9 Å². The summed E-state index contributed by atoms with van der Waals surface area (Å²) < 4.78 is 21.8. The molecule has 0 aromatic carbocycles. The number of hydrogen-bond donors (Lipinski definition) is 3. The van der Waals surface area contributed by atoms with Gasteiger partial charge in [-0.15, -0.1) is 0 Å². The van der Waals surface area contributed by atoms with Gasteiger partial charge in [0.05, 0.1) is 42.6 Å². The number of fused-ring (bicyclic) bond motifs is 9. The molecule has 3 aromatic heterocycles. The molecule has 0 amide bonds. The van der Waals surface area contributed by atoms with Gasteiger partial charge < -0.3 is 34.0 Å². The van der Waals surface area contributed by atoms with Gasteiger partial charge in [-0.05, 0) is 125 Å². The van der Waals surface area contributed by atoms with Crippen LogP contribution in [0.25, 0.3) is 33.2 Å². The number of carbonyl (C=O) groups is 4. The fraction of sp³-hybridized carbons (Fsp3) is 0.476. The number of nitrogens with zero attached hydrogens (tertiary/aromatic N) is 2. The first-order chi connectivity index (χ1) is 26.2. The molecule has 6 heterocycles. The minimum atomic E-state index is -1.71. The Morgan fingerprint density at radius 1 is 0.727 bits per heavy atom. The first kappa shape index (κ1) is 39.4. The van der Waals surface area contributed by atoms with Gasteiger partial charge in [-0.25, -0.2) is 4.98 Å². The third kappa shape index (κ3) is 7.54. The van der Waals surface area contributed by atoms with E-state index in [0.717, 1.165) is 38.9 Å². The highest BCUT2D eigenvalue weighted by atomic mass is 16.6. The molecule has 2 atom stereocenters. The van der Waals surface area contributed by atoms with Crippen LogP contribution in [0.4, 0.5) is 0 Å². The number of esters is 4. The number of aromatic nitrogens is 4. The Balaban J connectivity index is 1.68. The molecule has 3 aliphatic heterocycles. The van der Waals surface area contributed by atoms with Gasteiger partial charge in [0.25, 0.3) is 0 Å². The maximum absolute atomic E-state index is 12.8. The van der Waals surface area contributed by atoms with Crippen molar-refractivity contribution in [3.63, 3.8) is 0 Å². The van der Waals surface area contributed by atoms with Crippen LogP contribution in [0, 0.1) is 13.8 Å². The van der Waals surface area contributed by atoms with Gasteiger partial charge in [0, 0.05) is 54.2 Å². The first-order valence-corrected chi connectivity index (χ1v) is 19.1. The number of aryl methyl sites for hydroxylation is 4. The molecular formula is C42H50N4O9. The number of allylic oxidation sites excluding steroid dienone is 2. The summed E-state index contributed by atoms with van der Waals surface area (Å²) in [6, 6.07) is 7.44. The normalized spacial score (nSPS) is 19.2. The molecule has 292 valence electrons. The molecule has 3 N–H and O–H groups in total. The van der Waals surface area contributed by atoms with Crippen molar-refractivity contribution < 1.29 is 43.2 Å². The van der Waals surface area contributed by atoms with Crippen LogP contribution in [0.15, 0.2) is 24.3 Å². The van der Waals surface area contributed by atoms with Crippen molar-refractivity contribution in [3.8, 4) is 0 Å². The third-order valence-electron chi connectivity index (χ3n) is 11.0. The third-order valence-corrected chi connectivity index (χ3v) is 11.0. The number of carbonyl (C=O) groups excluding carboxylic acids is 4. The monoisotopic (exact) mass is 754 g/mol. The zero-order valence-corrected chi connectivity index (χ0v) is 32.7. The van der Waals surface area contributed by atoms with Crippen molar-refractivity contribution in [2.45, 2.75) is 111 Å². The lowest BCUT2D eigenvalue weighted by Crippen LogP contribution is -2.43. The topological polar surface area (TPSA) is 183 Å². The molecule has 1 saturated heterocycles. The van der Waals surface area contributed by atoms with Crippen LogP contribution in [0.2, 0.25) is 0 Å². The molecule has 1 spiro atoms. The summed E-state index contributed by atoms with van der Waals surface area (Å²) in [6.07, 6.45) is 1.87. The minimum Gasteiger partial charge on any atom is -0.466 e. The lowest BCUT2D eigenvalue weighted by molar-refractivity contribution is -0.179. The van der Waals surface area contributed by atoms with E-state index in [0.29, 0.717) is 52.9 Å². The fourth-order valence-electron chi connectivity index (χ4n) is 7.87. The van der Waals surface area contributed by atoms with Gasteiger partial charge >= 0.3 is 23.9 Å². The average Bonchev–Trinajstić information content (AvgIpc) is 3.87. The van der Waals surface area contributed by atoms with Gasteiger partial charge in [0.2, 0.25) is 0 Å². The summed E-state index contributed by atoms with van der Waals surface area (Å²) in [6.45, 7) is 13.6. The first-order valence-electron chi connectivity index (χ1n) is 19.1. The fourth-order valence-corrected chi connectivity index (χ4v) is 7.87. The Bertz CT molecular complexity index is 2250. The second-order valence-electron chi connectivity index (χ2n) is 14.3. The Morgan fingerprint density at radius 3 is 1.75 bits per heavy atom. The highest BCUT2D eigenvalue weighted by Gasteiger charge is 2.61. The van der Waals surface area contributed by atoms with E-state index in [4.69, 9.17) is 28.9 Å². The summed E-state index contributed by atoms with van der Waals surface area (Å²) in [5, 5.41) is 12.3. The molecule has 0 aliphatic carbocycles. The molecular weight excluding hydrogens is 704 g/mol. The Morgan fingerprint density at radius 2 is 1.22 bits per heavy atom. The molecule has 2 unspecified atom stereocenters. The largest absolute Gasteiger partial charge is 0.466 e.